The monoisotopic (exact) mass is 281 g/mol. The van der Waals surface area contributed by atoms with Crippen molar-refractivity contribution in [3.05, 3.63) is 0 Å². The zero-order valence-electron chi connectivity index (χ0n) is 12.8. The van der Waals surface area contributed by atoms with Crippen LogP contribution in [0, 0.1) is 29.6 Å². The molecule has 0 radical (unpaired) electrons. The molecule has 1 N–H and O–H groups in total. The second kappa shape index (κ2) is 6.15. The van der Waals surface area contributed by atoms with E-state index < -0.39 is 5.97 Å². The molecular weight excluding hydrogens is 254 g/mol. The largest absolute Gasteiger partial charge is 0.481 e. The molecule has 1 unspecified atom stereocenters. The van der Waals surface area contributed by atoms with Crippen LogP contribution in [-0.2, 0) is 9.59 Å². The molecule has 4 nitrogen and oxygen atoms in total. The summed E-state index contributed by atoms with van der Waals surface area (Å²) >= 11 is 0. The van der Waals surface area contributed by atoms with Crippen molar-refractivity contribution in [3.63, 3.8) is 0 Å². The zero-order valence-corrected chi connectivity index (χ0v) is 12.8. The number of carboxylic acids is 1. The molecule has 1 amide bonds. The predicted molar refractivity (Wildman–Crippen MR) is 77.2 cm³/mol. The van der Waals surface area contributed by atoms with E-state index in [1.54, 1.807) is 4.90 Å². The first-order valence-electron chi connectivity index (χ1n) is 7.89. The average molecular weight is 281 g/mol. The van der Waals surface area contributed by atoms with Crippen molar-refractivity contribution in [1.82, 2.24) is 4.90 Å². The van der Waals surface area contributed by atoms with Gasteiger partial charge in [-0.3, -0.25) is 9.59 Å². The lowest BCUT2D eigenvalue weighted by Crippen LogP contribution is -2.31. The third-order valence-corrected chi connectivity index (χ3v) is 4.66. The Kier molecular flexibility index (Phi) is 4.71. The molecule has 0 bridgehead atoms. The molecule has 114 valence electrons. The zero-order chi connectivity index (χ0) is 14.9. The predicted octanol–water partition coefficient (Wildman–Crippen LogP) is 2.63. The first-order valence-corrected chi connectivity index (χ1v) is 7.89. The number of carbonyl (C=O) groups excluding carboxylic acids is 1. The van der Waals surface area contributed by atoms with Gasteiger partial charge in [0, 0.05) is 19.5 Å². The van der Waals surface area contributed by atoms with E-state index in [2.05, 4.69) is 20.8 Å². The van der Waals surface area contributed by atoms with E-state index >= 15 is 0 Å². The maximum absolute atomic E-state index is 12.3. The maximum Gasteiger partial charge on any atom is 0.308 e. The van der Waals surface area contributed by atoms with Gasteiger partial charge in [-0.15, -0.1) is 0 Å². The number of rotatable bonds is 6. The summed E-state index contributed by atoms with van der Waals surface area (Å²) in [6, 6.07) is 0. The van der Waals surface area contributed by atoms with E-state index in [-0.39, 0.29) is 17.7 Å². The van der Waals surface area contributed by atoms with Crippen molar-refractivity contribution in [2.24, 2.45) is 29.6 Å². The van der Waals surface area contributed by atoms with Gasteiger partial charge in [0.1, 0.15) is 0 Å². The number of hydrogen-bond acceptors (Lipinski definition) is 2. The van der Waals surface area contributed by atoms with Crippen LogP contribution >= 0.6 is 0 Å². The van der Waals surface area contributed by atoms with E-state index in [1.165, 1.54) is 0 Å². The summed E-state index contributed by atoms with van der Waals surface area (Å²) in [5.74, 6) is 0.791. The van der Waals surface area contributed by atoms with Crippen LogP contribution in [0.1, 0.15) is 46.5 Å². The van der Waals surface area contributed by atoms with Crippen LogP contribution in [0.2, 0.25) is 0 Å². The van der Waals surface area contributed by atoms with E-state index in [9.17, 15) is 14.7 Å². The minimum Gasteiger partial charge on any atom is -0.481 e. The van der Waals surface area contributed by atoms with Crippen LogP contribution in [0.15, 0.2) is 0 Å². The Balaban J connectivity index is 1.89. The number of carboxylic acid groups (broad SMARTS) is 1. The normalized spacial score (nSPS) is 27.9. The van der Waals surface area contributed by atoms with Gasteiger partial charge in [-0.05, 0) is 42.9 Å². The molecule has 2 aliphatic rings. The molecule has 0 spiro atoms. The van der Waals surface area contributed by atoms with Gasteiger partial charge in [-0.1, -0.05) is 20.8 Å². The minimum atomic E-state index is -0.729. The van der Waals surface area contributed by atoms with Crippen molar-refractivity contribution in [3.8, 4) is 0 Å². The van der Waals surface area contributed by atoms with Crippen molar-refractivity contribution in [2.75, 3.05) is 13.1 Å². The molecule has 3 atom stereocenters. The second-order valence-electron chi connectivity index (χ2n) is 7.18. The molecule has 1 aliphatic heterocycles. The minimum absolute atomic E-state index is 0.146. The highest BCUT2D eigenvalue weighted by Gasteiger charge is 2.46. The molecule has 20 heavy (non-hydrogen) atoms. The number of amides is 1. The molecule has 2 rings (SSSR count). The Morgan fingerprint density at radius 3 is 2.35 bits per heavy atom. The third kappa shape index (κ3) is 3.74. The van der Waals surface area contributed by atoms with Crippen LogP contribution in [0.3, 0.4) is 0 Å². The van der Waals surface area contributed by atoms with E-state index in [0.717, 1.165) is 19.3 Å². The number of hydrogen-bond donors (Lipinski definition) is 1. The number of aliphatic carboxylic acids is 1. The Labute approximate surface area is 121 Å². The van der Waals surface area contributed by atoms with Crippen LogP contribution in [-0.4, -0.2) is 35.0 Å². The lowest BCUT2D eigenvalue weighted by Gasteiger charge is -2.20. The Bertz CT molecular complexity index is 376. The highest BCUT2D eigenvalue weighted by molar-refractivity contribution is 5.79. The highest BCUT2D eigenvalue weighted by atomic mass is 16.4. The molecule has 0 aromatic rings. The molecule has 1 saturated carbocycles. The molecule has 2 fully saturated rings. The average Bonchev–Trinajstić information content (AvgIpc) is 3.06. The van der Waals surface area contributed by atoms with Gasteiger partial charge < -0.3 is 10.0 Å². The first-order chi connectivity index (χ1) is 9.38. The van der Waals surface area contributed by atoms with Crippen molar-refractivity contribution >= 4 is 11.9 Å². The SMILES string of the molecule is CC(C)CC(C)CC(=O)N1C[C@H](C(=O)O)[C@@H](C2CC2)C1. The van der Waals surface area contributed by atoms with E-state index in [0.29, 0.717) is 37.3 Å². The molecular formula is C16H27NO3. The standard InChI is InChI=1S/C16H27NO3/c1-10(2)6-11(3)7-15(18)17-8-13(12-4-5-12)14(9-17)16(19)20/h10-14H,4-9H2,1-3H3,(H,19,20)/t11?,13-,14+/m1/s1. The molecule has 1 heterocycles. The third-order valence-electron chi connectivity index (χ3n) is 4.66. The van der Waals surface area contributed by atoms with Gasteiger partial charge in [-0.2, -0.15) is 0 Å². The Morgan fingerprint density at radius 1 is 1.20 bits per heavy atom. The summed E-state index contributed by atoms with van der Waals surface area (Å²) in [5.41, 5.74) is 0. The topological polar surface area (TPSA) is 57.6 Å². The number of carbonyl (C=O) groups is 2. The van der Waals surface area contributed by atoms with Crippen molar-refractivity contribution < 1.29 is 14.7 Å². The highest BCUT2D eigenvalue weighted by Crippen LogP contribution is 2.44. The van der Waals surface area contributed by atoms with Crippen molar-refractivity contribution in [2.45, 2.75) is 46.5 Å². The molecule has 1 saturated heterocycles. The summed E-state index contributed by atoms with van der Waals surface area (Å²) in [6.45, 7) is 7.53. The molecule has 1 aliphatic carbocycles. The van der Waals surface area contributed by atoms with Gasteiger partial charge in [0.25, 0.3) is 0 Å². The van der Waals surface area contributed by atoms with Gasteiger partial charge in [0.05, 0.1) is 5.92 Å². The molecule has 0 aromatic carbocycles. The van der Waals surface area contributed by atoms with Gasteiger partial charge in [-0.25, -0.2) is 0 Å². The number of nitrogens with zero attached hydrogens (tertiary/aromatic N) is 1. The Morgan fingerprint density at radius 2 is 1.85 bits per heavy atom. The summed E-state index contributed by atoms with van der Waals surface area (Å²) in [4.78, 5) is 25.5. The molecule has 0 aromatic heterocycles. The second-order valence-corrected chi connectivity index (χ2v) is 7.18. The van der Waals surface area contributed by atoms with Gasteiger partial charge in [0.15, 0.2) is 0 Å². The van der Waals surface area contributed by atoms with Crippen LogP contribution in [0.5, 0.6) is 0 Å². The Hall–Kier alpha value is -1.06. The van der Waals surface area contributed by atoms with Crippen LogP contribution in [0.25, 0.3) is 0 Å². The van der Waals surface area contributed by atoms with Crippen LogP contribution < -0.4 is 0 Å². The maximum atomic E-state index is 12.3. The fraction of sp³-hybridized carbons (Fsp3) is 0.875. The fourth-order valence-electron chi connectivity index (χ4n) is 3.61. The smallest absolute Gasteiger partial charge is 0.308 e. The van der Waals surface area contributed by atoms with Gasteiger partial charge >= 0.3 is 5.97 Å². The number of likely N-dealkylation sites (tertiary alicyclic amines) is 1. The fourth-order valence-corrected chi connectivity index (χ4v) is 3.61. The van der Waals surface area contributed by atoms with E-state index in [1.807, 2.05) is 0 Å². The summed E-state index contributed by atoms with van der Waals surface area (Å²) in [5, 5.41) is 9.32. The quantitative estimate of drug-likeness (QED) is 0.814. The summed E-state index contributed by atoms with van der Waals surface area (Å²) in [6.07, 6.45) is 3.89. The lowest BCUT2D eigenvalue weighted by molar-refractivity contribution is -0.142. The van der Waals surface area contributed by atoms with Gasteiger partial charge in [0.2, 0.25) is 5.91 Å². The van der Waals surface area contributed by atoms with E-state index in [4.69, 9.17) is 0 Å². The van der Waals surface area contributed by atoms with Crippen LogP contribution in [0.4, 0.5) is 0 Å². The lowest BCUT2D eigenvalue weighted by atomic mass is 9.92. The first kappa shape index (κ1) is 15.3. The molecule has 4 heteroatoms. The van der Waals surface area contributed by atoms with Crippen molar-refractivity contribution in [1.29, 1.82) is 0 Å². The summed E-state index contributed by atoms with van der Waals surface area (Å²) < 4.78 is 0. The summed E-state index contributed by atoms with van der Waals surface area (Å²) in [7, 11) is 0.